The number of halogens is 5. The number of rotatable bonds is 21. The van der Waals surface area contributed by atoms with Crippen LogP contribution in [0.25, 0.3) is 0 Å². The van der Waals surface area contributed by atoms with E-state index in [1.54, 1.807) is 36.4 Å². The normalized spacial score (nSPS) is 12.0. The maximum atomic E-state index is 13.4. The zero-order valence-corrected chi connectivity index (χ0v) is 40.6. The summed E-state index contributed by atoms with van der Waals surface area (Å²) in [6, 6.07) is 19.8. The van der Waals surface area contributed by atoms with Crippen molar-refractivity contribution in [3.63, 3.8) is 0 Å². The summed E-state index contributed by atoms with van der Waals surface area (Å²) in [5, 5.41) is 27.0. The molecule has 21 heteroatoms. The molecule has 0 aromatic heterocycles. The molecule has 354 valence electrons. The molecule has 0 saturated carbocycles. The number of aryl methyl sites for hydroxylation is 2. The van der Waals surface area contributed by atoms with Gasteiger partial charge < -0.3 is 30.7 Å². The van der Waals surface area contributed by atoms with Crippen molar-refractivity contribution < 1.29 is 38.2 Å². The van der Waals surface area contributed by atoms with Crippen molar-refractivity contribution in [2.75, 3.05) is 47.2 Å². The molecular weight excluding hydrogens is 982 g/mol. The summed E-state index contributed by atoms with van der Waals surface area (Å²) >= 11 is 30.8. The van der Waals surface area contributed by atoms with Gasteiger partial charge in [0.15, 0.2) is 11.6 Å². The van der Waals surface area contributed by atoms with E-state index in [4.69, 9.17) is 67.5 Å². The van der Waals surface area contributed by atoms with Crippen molar-refractivity contribution in [2.24, 2.45) is 20.5 Å². The van der Waals surface area contributed by atoms with Crippen LogP contribution in [0, 0.1) is 0 Å². The van der Waals surface area contributed by atoms with Crippen LogP contribution in [0.5, 0.6) is 11.5 Å². The lowest BCUT2D eigenvalue weighted by Crippen LogP contribution is -2.32. The number of nitrogens with zero attached hydrogens (tertiary/aromatic N) is 4. The third-order valence-electron chi connectivity index (χ3n) is 9.82. The van der Waals surface area contributed by atoms with Gasteiger partial charge in [-0.25, -0.2) is 0 Å². The number of anilines is 4. The molecule has 0 aliphatic rings. The second kappa shape index (κ2) is 25.1. The van der Waals surface area contributed by atoms with E-state index in [1.165, 1.54) is 68.8 Å². The highest BCUT2D eigenvalue weighted by atomic mass is 35.5. The molecule has 4 amide bonds. The SMILES string of the molecule is COc1ccc(NC(=O)c2ccc(Cl)c(N=NC(C(C)=O)C(=O)Nc3ccc(NC(=O)C(N=Nc4cc(C(=O)Nc5ccc(OC)c(CCCl)c5)ccc4Cl)C(C)=O)c(CCl)c3)c2)cc1CCCl. The molecule has 0 radical (unpaired) electrons. The van der Waals surface area contributed by atoms with E-state index in [2.05, 4.69) is 41.7 Å². The van der Waals surface area contributed by atoms with Gasteiger partial charge in [0.1, 0.15) is 22.9 Å². The number of carbonyl (C=O) groups excluding carboxylic acids is 6. The number of amides is 4. The van der Waals surface area contributed by atoms with Gasteiger partial charge in [0.25, 0.3) is 23.6 Å². The van der Waals surface area contributed by atoms with E-state index >= 15 is 0 Å². The summed E-state index contributed by atoms with van der Waals surface area (Å²) in [4.78, 5) is 78.5. The molecular formula is C47H43Cl5N8O8. The lowest BCUT2D eigenvalue weighted by Gasteiger charge is -2.15. The Morgan fingerprint density at radius 2 is 0.941 bits per heavy atom. The van der Waals surface area contributed by atoms with Crippen molar-refractivity contribution in [3.05, 3.63) is 129 Å². The second-order valence-corrected chi connectivity index (χ2v) is 16.5. The minimum Gasteiger partial charge on any atom is -0.496 e. The highest BCUT2D eigenvalue weighted by molar-refractivity contribution is 6.33. The first-order chi connectivity index (χ1) is 32.6. The maximum absolute atomic E-state index is 13.4. The highest BCUT2D eigenvalue weighted by Gasteiger charge is 2.26. The zero-order chi connectivity index (χ0) is 49.5. The second-order valence-electron chi connectivity index (χ2n) is 14.6. The number of benzene rings is 5. The summed E-state index contributed by atoms with van der Waals surface area (Å²) in [6.07, 6.45) is 1.04. The molecule has 16 nitrogen and oxygen atoms in total. The Hall–Kier alpha value is -6.43. The standard InChI is InChI=1S/C47H43Cl5N8O8/c1-25(61)42(59-57-38-22-29(5-10-35(38)51)44(63)53-33-8-13-40(67-3)27(19-33)15-17-48)46(65)55-32-7-12-37(31(21-32)24-50)56-47(66)43(26(2)62)60-58-39-23-30(6-11-36(39)52)45(64)54-34-9-14-41(68-4)28(20-34)16-18-49/h5-14,19-23,42-43H,15-18,24H2,1-4H3,(H,53,63)(H,54,64)(H,55,65)(H,56,66). The van der Waals surface area contributed by atoms with Gasteiger partial charge in [-0.15, -0.1) is 34.8 Å². The Morgan fingerprint density at radius 1 is 0.529 bits per heavy atom. The van der Waals surface area contributed by atoms with Crippen LogP contribution >= 0.6 is 58.0 Å². The summed E-state index contributed by atoms with van der Waals surface area (Å²) in [7, 11) is 3.07. The van der Waals surface area contributed by atoms with Crippen molar-refractivity contribution in [3.8, 4) is 11.5 Å². The van der Waals surface area contributed by atoms with E-state index in [0.717, 1.165) is 25.0 Å². The molecule has 5 aromatic rings. The number of methoxy groups -OCH3 is 2. The molecule has 0 saturated heterocycles. The summed E-state index contributed by atoms with van der Waals surface area (Å²) in [5.41, 5.74) is 3.64. The number of Topliss-reactive ketones (excluding diaryl/α,β-unsaturated/α-hetero) is 2. The van der Waals surface area contributed by atoms with E-state index in [9.17, 15) is 28.8 Å². The van der Waals surface area contributed by atoms with Gasteiger partial charge in [0.05, 0.1) is 24.3 Å². The number of ether oxygens (including phenoxy) is 2. The Bertz CT molecular complexity index is 2790. The molecule has 5 aromatic carbocycles. The van der Waals surface area contributed by atoms with Crippen LogP contribution in [-0.4, -0.2) is 73.3 Å². The highest BCUT2D eigenvalue weighted by Crippen LogP contribution is 2.31. The third-order valence-corrected chi connectivity index (χ3v) is 11.1. The molecule has 5 rings (SSSR count). The van der Waals surface area contributed by atoms with Gasteiger partial charge in [0.2, 0.25) is 12.1 Å². The van der Waals surface area contributed by atoms with E-state index in [0.29, 0.717) is 53.0 Å². The van der Waals surface area contributed by atoms with Crippen molar-refractivity contribution in [1.29, 1.82) is 0 Å². The summed E-state index contributed by atoms with van der Waals surface area (Å²) in [6.45, 7) is 2.30. The zero-order valence-electron chi connectivity index (χ0n) is 36.8. The fourth-order valence-corrected chi connectivity index (χ4v) is 7.31. The Kier molecular flexibility index (Phi) is 19.4. The first-order valence-electron chi connectivity index (χ1n) is 20.4. The molecule has 2 unspecified atom stereocenters. The monoisotopic (exact) mass is 1020 g/mol. The van der Waals surface area contributed by atoms with Crippen molar-refractivity contribution in [2.45, 2.75) is 44.7 Å². The van der Waals surface area contributed by atoms with Gasteiger partial charge >= 0.3 is 0 Å². The van der Waals surface area contributed by atoms with Crippen LogP contribution in [-0.2, 0) is 37.9 Å². The molecule has 0 aliphatic carbocycles. The van der Waals surface area contributed by atoms with Gasteiger partial charge in [-0.05, 0) is 134 Å². The first kappa shape index (κ1) is 52.5. The van der Waals surface area contributed by atoms with Crippen LogP contribution in [0.15, 0.2) is 111 Å². The van der Waals surface area contributed by atoms with E-state index in [-0.39, 0.29) is 49.8 Å². The molecule has 68 heavy (non-hydrogen) atoms. The van der Waals surface area contributed by atoms with Crippen LogP contribution in [0.3, 0.4) is 0 Å². The van der Waals surface area contributed by atoms with E-state index < -0.39 is 47.3 Å². The van der Waals surface area contributed by atoms with Crippen LogP contribution in [0.1, 0.15) is 51.3 Å². The summed E-state index contributed by atoms with van der Waals surface area (Å²) < 4.78 is 10.7. The minimum absolute atomic E-state index is 0.0167. The quantitative estimate of drug-likeness (QED) is 0.0314. The Morgan fingerprint density at radius 3 is 1.35 bits per heavy atom. The number of carbonyl (C=O) groups is 6. The smallest absolute Gasteiger partial charge is 0.258 e. The fraction of sp³-hybridized carbons (Fsp3) is 0.234. The predicted octanol–water partition coefficient (Wildman–Crippen LogP) is 11.2. The van der Waals surface area contributed by atoms with Gasteiger partial charge in [-0.2, -0.15) is 20.5 Å². The summed E-state index contributed by atoms with van der Waals surface area (Å²) in [5.74, 6) is -2.22. The van der Waals surface area contributed by atoms with Gasteiger partial charge in [0, 0.05) is 51.5 Å². The number of hydrogen-bond acceptors (Lipinski definition) is 12. The minimum atomic E-state index is -1.64. The number of azo groups is 2. The lowest BCUT2D eigenvalue weighted by molar-refractivity contribution is -0.127. The average Bonchev–Trinajstić information content (AvgIpc) is 3.30. The number of hydrogen-bond donors (Lipinski definition) is 4. The maximum Gasteiger partial charge on any atom is 0.258 e. The van der Waals surface area contributed by atoms with Crippen LogP contribution < -0.4 is 30.7 Å². The van der Waals surface area contributed by atoms with Gasteiger partial charge in [-0.3, -0.25) is 28.8 Å². The van der Waals surface area contributed by atoms with Crippen LogP contribution in [0.2, 0.25) is 10.0 Å². The average molecular weight is 1030 g/mol. The molecule has 4 N–H and O–H groups in total. The fourth-order valence-electron chi connectivity index (χ4n) is 6.37. The number of nitrogens with one attached hydrogen (secondary N) is 4. The molecule has 0 fully saturated rings. The molecule has 2 atom stereocenters. The third kappa shape index (κ3) is 14.1. The molecule has 0 heterocycles. The van der Waals surface area contributed by atoms with E-state index in [1.807, 2.05) is 0 Å². The topological polar surface area (TPSA) is 218 Å². The van der Waals surface area contributed by atoms with Crippen LogP contribution in [0.4, 0.5) is 34.1 Å². The molecule has 0 aliphatic heterocycles. The number of ketones is 2. The van der Waals surface area contributed by atoms with Crippen molar-refractivity contribution >= 4 is 127 Å². The largest absolute Gasteiger partial charge is 0.496 e. The first-order valence-corrected chi connectivity index (χ1v) is 22.8. The Balaban J connectivity index is 1.25. The molecule has 0 bridgehead atoms. The van der Waals surface area contributed by atoms with Crippen molar-refractivity contribution in [1.82, 2.24) is 0 Å². The lowest BCUT2D eigenvalue weighted by atomic mass is 10.1. The Labute approximate surface area is 416 Å². The predicted molar refractivity (Wildman–Crippen MR) is 265 cm³/mol. The molecule has 0 spiro atoms. The number of alkyl halides is 3. The van der Waals surface area contributed by atoms with Gasteiger partial charge in [-0.1, -0.05) is 23.2 Å².